The van der Waals surface area contributed by atoms with Crippen molar-refractivity contribution >= 4 is 11.5 Å². The SMILES string of the molecule is Cc1ccc(-c2nc(C3CCCCC3)nc(Nc3ccc(C#N)cc3)c2O)cc1. The first-order chi connectivity index (χ1) is 14.1. The van der Waals surface area contributed by atoms with E-state index in [0.717, 1.165) is 35.5 Å². The number of nitrogens with zero attached hydrogens (tertiary/aromatic N) is 3. The largest absolute Gasteiger partial charge is 0.503 e. The molecule has 1 fully saturated rings. The van der Waals surface area contributed by atoms with Crippen LogP contribution in [0.2, 0.25) is 0 Å². The minimum atomic E-state index is 0.0396. The van der Waals surface area contributed by atoms with Crippen molar-refractivity contribution in [1.82, 2.24) is 9.97 Å². The summed E-state index contributed by atoms with van der Waals surface area (Å²) in [5.74, 6) is 1.54. The summed E-state index contributed by atoms with van der Waals surface area (Å²) in [4.78, 5) is 9.48. The maximum atomic E-state index is 11.0. The van der Waals surface area contributed by atoms with Gasteiger partial charge in [-0.15, -0.1) is 0 Å². The molecule has 0 bridgehead atoms. The van der Waals surface area contributed by atoms with Crippen LogP contribution in [0.4, 0.5) is 11.5 Å². The Labute approximate surface area is 171 Å². The highest BCUT2D eigenvalue weighted by Crippen LogP contribution is 2.38. The summed E-state index contributed by atoms with van der Waals surface area (Å²) in [5, 5.41) is 23.2. The highest BCUT2D eigenvalue weighted by atomic mass is 16.3. The first kappa shape index (κ1) is 18.9. The van der Waals surface area contributed by atoms with Crippen molar-refractivity contribution in [2.24, 2.45) is 0 Å². The van der Waals surface area contributed by atoms with Crippen LogP contribution in [0.15, 0.2) is 48.5 Å². The molecule has 5 nitrogen and oxygen atoms in total. The van der Waals surface area contributed by atoms with Gasteiger partial charge in [0, 0.05) is 17.2 Å². The summed E-state index contributed by atoms with van der Waals surface area (Å²) in [5.41, 5.74) is 3.94. The van der Waals surface area contributed by atoms with E-state index in [1.54, 1.807) is 12.1 Å². The van der Waals surface area contributed by atoms with Gasteiger partial charge in [-0.25, -0.2) is 9.97 Å². The molecule has 0 unspecified atom stereocenters. The zero-order chi connectivity index (χ0) is 20.2. The van der Waals surface area contributed by atoms with Crippen LogP contribution in [0.25, 0.3) is 11.3 Å². The molecule has 5 heteroatoms. The van der Waals surface area contributed by atoms with Gasteiger partial charge in [0.1, 0.15) is 11.5 Å². The molecule has 146 valence electrons. The van der Waals surface area contributed by atoms with E-state index >= 15 is 0 Å². The summed E-state index contributed by atoms with van der Waals surface area (Å²) < 4.78 is 0. The number of nitriles is 1. The molecule has 1 aliphatic carbocycles. The lowest BCUT2D eigenvalue weighted by molar-refractivity contribution is 0.425. The monoisotopic (exact) mass is 384 g/mol. The summed E-state index contributed by atoms with van der Waals surface area (Å²) in [6, 6.07) is 17.2. The third kappa shape index (κ3) is 4.22. The predicted molar refractivity (Wildman–Crippen MR) is 114 cm³/mol. The summed E-state index contributed by atoms with van der Waals surface area (Å²) >= 11 is 0. The molecule has 29 heavy (non-hydrogen) atoms. The Kier molecular flexibility index (Phi) is 5.44. The Morgan fingerprint density at radius 2 is 1.66 bits per heavy atom. The quantitative estimate of drug-likeness (QED) is 0.592. The Bertz CT molecular complexity index is 1030. The normalized spacial score (nSPS) is 14.3. The molecule has 0 amide bonds. The Morgan fingerprint density at radius 1 is 0.966 bits per heavy atom. The molecule has 1 aliphatic rings. The minimum Gasteiger partial charge on any atom is -0.503 e. The maximum Gasteiger partial charge on any atom is 0.185 e. The van der Waals surface area contributed by atoms with Gasteiger partial charge in [0.2, 0.25) is 0 Å². The molecule has 4 rings (SSSR count). The number of benzene rings is 2. The van der Waals surface area contributed by atoms with Crippen LogP contribution >= 0.6 is 0 Å². The van der Waals surface area contributed by atoms with E-state index in [-0.39, 0.29) is 5.75 Å². The second kappa shape index (κ2) is 8.32. The van der Waals surface area contributed by atoms with Gasteiger partial charge in [0.05, 0.1) is 11.6 Å². The van der Waals surface area contributed by atoms with Crippen molar-refractivity contribution in [2.45, 2.75) is 44.9 Å². The van der Waals surface area contributed by atoms with E-state index in [9.17, 15) is 5.11 Å². The van der Waals surface area contributed by atoms with Gasteiger partial charge < -0.3 is 10.4 Å². The first-order valence-electron chi connectivity index (χ1n) is 10.1. The molecule has 1 saturated carbocycles. The van der Waals surface area contributed by atoms with Crippen LogP contribution in [0.5, 0.6) is 5.75 Å². The standard InChI is InChI=1S/C24H24N4O/c1-16-7-11-18(12-8-16)21-22(29)24(26-20-13-9-17(15-25)10-14-20)28-23(27-21)19-5-3-2-4-6-19/h7-14,19,29H,2-6H2,1H3,(H,26,27,28). The lowest BCUT2D eigenvalue weighted by Crippen LogP contribution is -2.11. The number of hydrogen-bond acceptors (Lipinski definition) is 5. The van der Waals surface area contributed by atoms with Crippen molar-refractivity contribution in [3.63, 3.8) is 0 Å². The zero-order valence-corrected chi connectivity index (χ0v) is 16.5. The van der Waals surface area contributed by atoms with Crippen molar-refractivity contribution in [2.75, 3.05) is 5.32 Å². The molecule has 0 aliphatic heterocycles. The number of aryl methyl sites for hydroxylation is 1. The fraction of sp³-hybridized carbons (Fsp3) is 0.292. The van der Waals surface area contributed by atoms with Crippen LogP contribution in [0.3, 0.4) is 0 Å². The lowest BCUT2D eigenvalue weighted by Gasteiger charge is -2.22. The third-order valence-corrected chi connectivity index (χ3v) is 5.47. The van der Waals surface area contributed by atoms with Crippen LogP contribution in [-0.4, -0.2) is 15.1 Å². The van der Waals surface area contributed by atoms with E-state index in [1.165, 1.54) is 19.3 Å². The van der Waals surface area contributed by atoms with Gasteiger partial charge in [-0.2, -0.15) is 5.26 Å². The molecule has 1 heterocycles. The zero-order valence-electron chi connectivity index (χ0n) is 16.5. The first-order valence-corrected chi connectivity index (χ1v) is 10.1. The van der Waals surface area contributed by atoms with Crippen LogP contribution in [0.1, 0.15) is 55.0 Å². The summed E-state index contributed by atoms with van der Waals surface area (Å²) in [6.45, 7) is 2.04. The van der Waals surface area contributed by atoms with Gasteiger partial charge in [0.15, 0.2) is 11.6 Å². The number of rotatable bonds is 4. The average molecular weight is 384 g/mol. The second-order valence-electron chi connectivity index (χ2n) is 7.64. The van der Waals surface area contributed by atoms with Gasteiger partial charge >= 0.3 is 0 Å². The topological polar surface area (TPSA) is 81.8 Å². The lowest BCUT2D eigenvalue weighted by atomic mass is 9.88. The van der Waals surface area contributed by atoms with Crippen molar-refractivity contribution in [3.05, 3.63) is 65.5 Å². The highest BCUT2D eigenvalue weighted by Gasteiger charge is 2.23. The molecule has 0 radical (unpaired) electrons. The Morgan fingerprint density at radius 3 is 2.31 bits per heavy atom. The Hall–Kier alpha value is -3.39. The predicted octanol–water partition coefficient (Wildman–Crippen LogP) is 5.82. The van der Waals surface area contributed by atoms with Gasteiger partial charge in [-0.3, -0.25) is 0 Å². The summed E-state index contributed by atoms with van der Waals surface area (Å²) in [7, 11) is 0. The number of aromatic hydroxyl groups is 1. The smallest absolute Gasteiger partial charge is 0.185 e. The highest BCUT2D eigenvalue weighted by molar-refractivity contribution is 5.75. The fourth-order valence-corrected chi connectivity index (χ4v) is 3.78. The van der Waals surface area contributed by atoms with E-state index in [1.807, 2.05) is 43.3 Å². The molecular weight excluding hydrogens is 360 g/mol. The Balaban J connectivity index is 1.76. The minimum absolute atomic E-state index is 0.0396. The van der Waals surface area contributed by atoms with E-state index in [4.69, 9.17) is 15.2 Å². The van der Waals surface area contributed by atoms with Crippen molar-refractivity contribution in [3.8, 4) is 23.1 Å². The van der Waals surface area contributed by atoms with Crippen molar-refractivity contribution < 1.29 is 5.11 Å². The number of hydrogen-bond donors (Lipinski definition) is 2. The van der Waals surface area contributed by atoms with Crippen LogP contribution in [0, 0.1) is 18.3 Å². The number of aromatic nitrogens is 2. The van der Waals surface area contributed by atoms with E-state index in [2.05, 4.69) is 11.4 Å². The molecule has 3 aromatic rings. The average Bonchev–Trinajstić information content (AvgIpc) is 2.77. The van der Waals surface area contributed by atoms with E-state index in [0.29, 0.717) is 23.0 Å². The third-order valence-electron chi connectivity index (χ3n) is 5.47. The summed E-state index contributed by atoms with van der Waals surface area (Å²) in [6.07, 6.45) is 5.79. The van der Waals surface area contributed by atoms with Gasteiger partial charge in [0.25, 0.3) is 0 Å². The number of nitrogens with one attached hydrogen (secondary N) is 1. The van der Waals surface area contributed by atoms with E-state index < -0.39 is 0 Å². The van der Waals surface area contributed by atoms with Gasteiger partial charge in [-0.05, 0) is 44.0 Å². The molecular formula is C24H24N4O. The fourth-order valence-electron chi connectivity index (χ4n) is 3.78. The molecule has 0 spiro atoms. The van der Waals surface area contributed by atoms with Crippen LogP contribution < -0.4 is 5.32 Å². The molecule has 1 aromatic heterocycles. The molecule has 2 N–H and O–H groups in total. The molecule has 0 atom stereocenters. The molecule has 0 saturated heterocycles. The number of anilines is 2. The van der Waals surface area contributed by atoms with Crippen LogP contribution in [-0.2, 0) is 0 Å². The maximum absolute atomic E-state index is 11.0. The second-order valence-corrected chi connectivity index (χ2v) is 7.64. The van der Waals surface area contributed by atoms with Gasteiger partial charge in [-0.1, -0.05) is 49.1 Å². The molecule has 2 aromatic carbocycles. The van der Waals surface area contributed by atoms with Crippen molar-refractivity contribution in [1.29, 1.82) is 5.26 Å².